The number of amides is 1. The number of nitrogens with one attached hydrogen (secondary N) is 1. The quantitative estimate of drug-likeness (QED) is 0.605. The van der Waals surface area contributed by atoms with Gasteiger partial charge in [0.1, 0.15) is 5.56 Å². The van der Waals surface area contributed by atoms with Crippen LogP contribution in [0, 0.1) is 0 Å². The van der Waals surface area contributed by atoms with Crippen LogP contribution in [0.4, 0.5) is 5.69 Å². The normalized spacial score (nSPS) is 12.8. The maximum atomic E-state index is 12.7. The molecule has 2 aromatic heterocycles. The summed E-state index contributed by atoms with van der Waals surface area (Å²) < 4.78 is 1.40. The Labute approximate surface area is 146 Å². The molecule has 6 heteroatoms. The van der Waals surface area contributed by atoms with E-state index in [4.69, 9.17) is 0 Å². The lowest BCUT2D eigenvalue weighted by molar-refractivity contribution is 0.102. The van der Waals surface area contributed by atoms with Gasteiger partial charge in [-0.3, -0.25) is 14.0 Å². The van der Waals surface area contributed by atoms with E-state index in [0.717, 1.165) is 23.9 Å². The van der Waals surface area contributed by atoms with Gasteiger partial charge in [0.15, 0.2) is 4.96 Å². The van der Waals surface area contributed by atoms with Gasteiger partial charge >= 0.3 is 0 Å². The Kier molecular flexibility index (Phi) is 3.02. The van der Waals surface area contributed by atoms with Crippen LogP contribution in [0.5, 0.6) is 0 Å². The average molecular weight is 347 g/mol. The van der Waals surface area contributed by atoms with Crippen molar-refractivity contribution in [2.24, 2.45) is 0 Å². The largest absolute Gasteiger partial charge is 0.321 e. The highest BCUT2D eigenvalue weighted by atomic mass is 32.1. The molecule has 25 heavy (non-hydrogen) atoms. The Hall–Kier alpha value is -2.99. The second-order valence-electron chi connectivity index (χ2n) is 6.10. The number of thiazole rings is 1. The predicted octanol–water partition coefficient (Wildman–Crippen LogP) is 3.26. The van der Waals surface area contributed by atoms with Crippen molar-refractivity contribution in [3.8, 4) is 0 Å². The molecule has 0 fully saturated rings. The van der Waals surface area contributed by atoms with Crippen molar-refractivity contribution in [1.29, 1.82) is 0 Å². The van der Waals surface area contributed by atoms with Crippen LogP contribution in [0.15, 0.2) is 52.9 Å². The Morgan fingerprint density at radius 2 is 2.00 bits per heavy atom. The molecule has 1 N–H and O–H groups in total. The smallest absolute Gasteiger partial charge is 0.271 e. The summed E-state index contributed by atoms with van der Waals surface area (Å²) in [5.74, 6) is -0.434. The van der Waals surface area contributed by atoms with E-state index in [2.05, 4.69) is 22.4 Å². The number of benzene rings is 2. The van der Waals surface area contributed by atoms with Crippen LogP contribution < -0.4 is 10.9 Å². The second-order valence-corrected chi connectivity index (χ2v) is 6.97. The highest BCUT2D eigenvalue weighted by Gasteiger charge is 2.18. The molecule has 1 aliphatic rings. The highest BCUT2D eigenvalue weighted by Crippen LogP contribution is 2.35. The maximum Gasteiger partial charge on any atom is 0.271 e. The van der Waals surface area contributed by atoms with Gasteiger partial charge in [-0.1, -0.05) is 24.3 Å². The van der Waals surface area contributed by atoms with Gasteiger partial charge in [0.2, 0.25) is 0 Å². The molecule has 4 aromatic rings. The standard InChI is InChI=1S/C19H13N3O2S/c23-17(14-10-20-19-22(18(14)24)8-9-25-19)21-15-7-6-12-5-4-11-2-1-3-13(15)16(11)12/h1-3,6-10H,4-5H2,(H,21,23). The minimum absolute atomic E-state index is 0.0409. The molecule has 0 atom stereocenters. The van der Waals surface area contributed by atoms with Gasteiger partial charge < -0.3 is 5.32 Å². The first-order chi connectivity index (χ1) is 12.2. The van der Waals surface area contributed by atoms with Crippen molar-refractivity contribution in [2.75, 3.05) is 5.32 Å². The molecule has 0 aliphatic heterocycles. The van der Waals surface area contributed by atoms with E-state index < -0.39 is 5.91 Å². The average Bonchev–Trinajstić information content (AvgIpc) is 3.26. The van der Waals surface area contributed by atoms with Gasteiger partial charge in [0.25, 0.3) is 11.5 Å². The summed E-state index contributed by atoms with van der Waals surface area (Å²) in [6.07, 6.45) is 5.04. The molecule has 0 saturated heterocycles. The molecule has 5 nitrogen and oxygen atoms in total. The van der Waals surface area contributed by atoms with Crippen LogP contribution in [0.25, 0.3) is 15.7 Å². The van der Waals surface area contributed by atoms with Gasteiger partial charge in [-0.05, 0) is 35.4 Å². The molecule has 0 unspecified atom stereocenters. The summed E-state index contributed by atoms with van der Waals surface area (Å²) in [6.45, 7) is 0. The summed E-state index contributed by atoms with van der Waals surface area (Å²) in [6, 6.07) is 10.1. The van der Waals surface area contributed by atoms with Gasteiger partial charge in [0, 0.05) is 28.8 Å². The number of carbonyl (C=O) groups is 1. The minimum Gasteiger partial charge on any atom is -0.321 e. The van der Waals surface area contributed by atoms with E-state index in [9.17, 15) is 9.59 Å². The predicted molar refractivity (Wildman–Crippen MR) is 98.6 cm³/mol. The lowest BCUT2D eigenvalue weighted by atomic mass is 10.0. The summed E-state index contributed by atoms with van der Waals surface area (Å²) in [5.41, 5.74) is 3.03. The molecule has 1 amide bonds. The molecule has 0 bridgehead atoms. The Balaban J connectivity index is 1.59. The molecule has 1 aliphatic carbocycles. The molecule has 0 saturated carbocycles. The van der Waals surface area contributed by atoms with Crippen molar-refractivity contribution >= 4 is 38.7 Å². The zero-order valence-corrected chi connectivity index (χ0v) is 14.0. The maximum absolute atomic E-state index is 12.7. The number of nitrogens with zero attached hydrogens (tertiary/aromatic N) is 2. The number of hydrogen-bond donors (Lipinski definition) is 1. The Morgan fingerprint density at radius 3 is 2.88 bits per heavy atom. The minimum atomic E-state index is -0.434. The van der Waals surface area contributed by atoms with Gasteiger partial charge in [0.05, 0.1) is 0 Å². The summed E-state index contributed by atoms with van der Waals surface area (Å²) in [5, 5.41) is 6.91. The van der Waals surface area contributed by atoms with E-state index in [0.29, 0.717) is 4.96 Å². The molecular weight excluding hydrogens is 334 g/mol. The molecule has 0 radical (unpaired) electrons. The van der Waals surface area contributed by atoms with Crippen LogP contribution in [0.3, 0.4) is 0 Å². The molecule has 0 spiro atoms. The number of carbonyl (C=O) groups excluding carboxylic acids is 1. The Morgan fingerprint density at radius 1 is 1.16 bits per heavy atom. The van der Waals surface area contributed by atoms with Crippen molar-refractivity contribution in [3.63, 3.8) is 0 Å². The topological polar surface area (TPSA) is 63.5 Å². The van der Waals surface area contributed by atoms with Gasteiger partial charge in [-0.2, -0.15) is 0 Å². The number of aromatic nitrogens is 2. The van der Waals surface area contributed by atoms with Crippen LogP contribution in [-0.2, 0) is 12.8 Å². The number of anilines is 1. The fourth-order valence-electron chi connectivity index (χ4n) is 3.53. The van der Waals surface area contributed by atoms with Crippen molar-refractivity contribution in [3.05, 3.63) is 75.1 Å². The number of hydrogen-bond acceptors (Lipinski definition) is 4. The van der Waals surface area contributed by atoms with Gasteiger partial charge in [-0.15, -0.1) is 11.3 Å². The highest BCUT2D eigenvalue weighted by molar-refractivity contribution is 7.15. The van der Waals surface area contributed by atoms with E-state index >= 15 is 0 Å². The van der Waals surface area contributed by atoms with Gasteiger partial charge in [-0.25, -0.2) is 4.98 Å². The first kappa shape index (κ1) is 14.4. The van der Waals surface area contributed by atoms with E-state index in [1.54, 1.807) is 11.6 Å². The van der Waals surface area contributed by atoms with Crippen molar-refractivity contribution in [2.45, 2.75) is 12.8 Å². The van der Waals surface area contributed by atoms with E-state index in [1.807, 2.05) is 18.2 Å². The molecule has 2 heterocycles. The third-order valence-electron chi connectivity index (χ3n) is 4.71. The van der Waals surface area contributed by atoms with E-state index in [1.165, 1.54) is 38.4 Å². The fraction of sp³-hybridized carbons (Fsp3) is 0.105. The summed E-state index contributed by atoms with van der Waals surface area (Å²) in [7, 11) is 0. The SMILES string of the molecule is O=C(Nc1ccc2c3c(cccc13)CC2)c1cnc2sccn2c1=O. The third kappa shape index (κ3) is 2.11. The lowest BCUT2D eigenvalue weighted by Gasteiger charge is -2.10. The van der Waals surface area contributed by atoms with Crippen LogP contribution in [-0.4, -0.2) is 15.3 Å². The zero-order valence-electron chi connectivity index (χ0n) is 13.2. The van der Waals surface area contributed by atoms with Crippen LogP contribution in [0.2, 0.25) is 0 Å². The van der Waals surface area contributed by atoms with Crippen LogP contribution in [0.1, 0.15) is 21.5 Å². The second kappa shape index (κ2) is 5.26. The monoisotopic (exact) mass is 347 g/mol. The number of fused-ring (bicyclic) bond motifs is 1. The first-order valence-corrected chi connectivity index (χ1v) is 8.90. The van der Waals surface area contributed by atoms with Crippen molar-refractivity contribution < 1.29 is 4.79 Å². The number of rotatable bonds is 2. The molecule has 2 aromatic carbocycles. The van der Waals surface area contributed by atoms with E-state index in [-0.39, 0.29) is 11.1 Å². The molecular formula is C19H13N3O2S. The fourth-order valence-corrected chi connectivity index (χ4v) is 4.20. The number of aryl methyl sites for hydroxylation is 2. The van der Waals surface area contributed by atoms with Crippen molar-refractivity contribution in [1.82, 2.24) is 9.38 Å². The molecule has 122 valence electrons. The lowest BCUT2D eigenvalue weighted by Crippen LogP contribution is -2.25. The Bertz CT molecular complexity index is 1210. The summed E-state index contributed by atoms with van der Waals surface area (Å²) >= 11 is 1.36. The zero-order chi connectivity index (χ0) is 17.0. The van der Waals surface area contributed by atoms with Crippen LogP contribution >= 0.6 is 11.3 Å². The first-order valence-electron chi connectivity index (χ1n) is 8.02. The molecule has 5 rings (SSSR count). The summed E-state index contributed by atoms with van der Waals surface area (Å²) in [4.78, 5) is 29.9. The third-order valence-corrected chi connectivity index (χ3v) is 5.48.